The number of hydrogen-bond acceptors (Lipinski definition) is 6. The first-order valence-corrected chi connectivity index (χ1v) is 15.3. The fourth-order valence-corrected chi connectivity index (χ4v) is 5.77. The van der Waals surface area contributed by atoms with E-state index in [9.17, 15) is 19.2 Å². The lowest BCUT2D eigenvalue weighted by atomic mass is 9.86. The maximum Gasteiger partial charge on any atom is 0.408 e. The summed E-state index contributed by atoms with van der Waals surface area (Å²) in [5.74, 6) is -1.10. The number of Topliss-reactive ketones (excluding diaryl/α,β-unsaturated/α-hetero) is 1. The summed E-state index contributed by atoms with van der Waals surface area (Å²) < 4.78 is 5.43. The number of aliphatic imine (C=N–C) groups is 1. The standard InChI is InChI=1S/C34H44N4O5/c1-6-26-25-19-13-14-22(2)29(25)38(21-28(39)24-17-11-8-12-18-24)32(41)30(35-26)37-31(40)27(20-23-15-9-7-10-16-23)36-33(42)43-34(3,4)5/h7,9-10,13-16,19,24,27,30H,6,8,11-12,17-18,20-21H2,1-5H3,(H,36,42)(H,37,40)/t27-,30+/m0/s1. The zero-order chi connectivity index (χ0) is 31.1. The summed E-state index contributed by atoms with van der Waals surface area (Å²) in [5.41, 5.74) is 3.00. The Balaban J connectivity index is 1.65. The molecule has 1 aliphatic carbocycles. The Labute approximate surface area is 254 Å². The Morgan fingerprint density at radius 2 is 1.72 bits per heavy atom. The van der Waals surface area contributed by atoms with Gasteiger partial charge in [0.05, 0.1) is 12.2 Å². The predicted molar refractivity (Wildman–Crippen MR) is 167 cm³/mol. The van der Waals surface area contributed by atoms with E-state index in [1.807, 2.05) is 62.4 Å². The van der Waals surface area contributed by atoms with E-state index in [1.165, 1.54) is 4.90 Å². The van der Waals surface area contributed by atoms with Crippen molar-refractivity contribution in [3.63, 3.8) is 0 Å². The number of carbonyl (C=O) groups is 4. The van der Waals surface area contributed by atoms with Gasteiger partial charge in [-0.05, 0) is 58.1 Å². The molecule has 9 heteroatoms. The number of nitrogens with zero attached hydrogens (tertiary/aromatic N) is 2. The molecule has 2 atom stereocenters. The van der Waals surface area contributed by atoms with Gasteiger partial charge in [-0.1, -0.05) is 74.7 Å². The van der Waals surface area contributed by atoms with Crippen LogP contribution < -0.4 is 15.5 Å². The minimum atomic E-state index is -1.27. The second kappa shape index (κ2) is 14.0. The number of aryl methyl sites for hydroxylation is 1. The van der Waals surface area contributed by atoms with Crippen LogP contribution in [0.4, 0.5) is 10.5 Å². The number of amides is 3. The van der Waals surface area contributed by atoms with Crippen LogP contribution in [-0.4, -0.2) is 53.8 Å². The summed E-state index contributed by atoms with van der Waals surface area (Å²) >= 11 is 0. The fraction of sp³-hybridized carbons (Fsp3) is 0.500. The molecule has 230 valence electrons. The Hall–Kier alpha value is -4.01. The maximum atomic E-state index is 14.2. The van der Waals surface area contributed by atoms with E-state index in [2.05, 4.69) is 10.6 Å². The van der Waals surface area contributed by atoms with E-state index in [4.69, 9.17) is 9.73 Å². The summed E-state index contributed by atoms with van der Waals surface area (Å²) in [7, 11) is 0. The van der Waals surface area contributed by atoms with Crippen LogP contribution in [0, 0.1) is 12.8 Å². The lowest BCUT2D eigenvalue weighted by Crippen LogP contribution is -2.55. The van der Waals surface area contributed by atoms with Gasteiger partial charge in [-0.25, -0.2) is 4.79 Å². The number of benzene rings is 2. The molecule has 1 aliphatic heterocycles. The molecule has 1 heterocycles. The average Bonchev–Trinajstić information content (AvgIpc) is 3.07. The number of para-hydroxylation sites is 1. The quantitative estimate of drug-likeness (QED) is 0.414. The molecule has 1 fully saturated rings. The van der Waals surface area contributed by atoms with E-state index in [0.717, 1.165) is 48.8 Å². The highest BCUT2D eigenvalue weighted by Gasteiger charge is 2.37. The smallest absolute Gasteiger partial charge is 0.408 e. The van der Waals surface area contributed by atoms with Gasteiger partial charge in [0, 0.05) is 23.6 Å². The van der Waals surface area contributed by atoms with E-state index < -0.39 is 35.7 Å². The third-order valence-corrected chi connectivity index (χ3v) is 7.88. The van der Waals surface area contributed by atoms with Crippen molar-refractivity contribution in [3.05, 3.63) is 65.2 Å². The molecule has 9 nitrogen and oxygen atoms in total. The molecule has 4 rings (SSSR count). The Bertz CT molecular complexity index is 1360. The zero-order valence-corrected chi connectivity index (χ0v) is 25.9. The Morgan fingerprint density at radius 1 is 1.02 bits per heavy atom. The summed E-state index contributed by atoms with van der Waals surface area (Å²) in [4.78, 5) is 60.5. The number of nitrogens with one attached hydrogen (secondary N) is 2. The number of ketones is 1. The van der Waals surface area contributed by atoms with E-state index in [-0.39, 0.29) is 24.7 Å². The molecular weight excluding hydrogens is 544 g/mol. The van der Waals surface area contributed by atoms with Gasteiger partial charge in [-0.3, -0.25) is 19.4 Å². The lowest BCUT2D eigenvalue weighted by Gasteiger charge is -2.29. The molecule has 0 aromatic heterocycles. The highest BCUT2D eigenvalue weighted by molar-refractivity contribution is 6.15. The first-order valence-electron chi connectivity index (χ1n) is 15.3. The molecule has 2 N–H and O–H groups in total. The van der Waals surface area contributed by atoms with Crippen molar-refractivity contribution in [1.29, 1.82) is 0 Å². The number of ether oxygens (including phenoxy) is 1. The highest BCUT2D eigenvalue weighted by Crippen LogP contribution is 2.32. The molecule has 0 unspecified atom stereocenters. The first kappa shape index (κ1) is 31.9. The predicted octanol–water partition coefficient (Wildman–Crippen LogP) is 5.27. The van der Waals surface area contributed by atoms with Crippen molar-refractivity contribution in [3.8, 4) is 0 Å². The molecule has 0 radical (unpaired) electrons. The molecule has 2 aromatic carbocycles. The zero-order valence-electron chi connectivity index (χ0n) is 25.9. The molecule has 0 bridgehead atoms. The molecule has 2 aromatic rings. The number of benzodiazepines with no additional fused rings is 1. The van der Waals surface area contributed by atoms with Crippen LogP contribution >= 0.6 is 0 Å². The van der Waals surface area contributed by atoms with Crippen molar-refractivity contribution in [1.82, 2.24) is 10.6 Å². The van der Waals surface area contributed by atoms with Crippen molar-refractivity contribution in [2.75, 3.05) is 11.4 Å². The van der Waals surface area contributed by atoms with E-state index in [1.54, 1.807) is 20.8 Å². The van der Waals surface area contributed by atoms with Gasteiger partial charge >= 0.3 is 6.09 Å². The second-order valence-electron chi connectivity index (χ2n) is 12.4. The largest absolute Gasteiger partial charge is 0.444 e. The average molecular weight is 589 g/mol. The molecule has 1 saturated carbocycles. The Kier molecular flexibility index (Phi) is 10.4. The van der Waals surface area contributed by atoms with Crippen LogP contribution in [0.5, 0.6) is 0 Å². The third kappa shape index (κ3) is 8.30. The van der Waals surface area contributed by atoms with Crippen LogP contribution in [0.1, 0.15) is 82.9 Å². The fourth-order valence-electron chi connectivity index (χ4n) is 5.77. The topological polar surface area (TPSA) is 117 Å². The normalized spacial score (nSPS) is 18.2. The molecule has 0 saturated heterocycles. The third-order valence-electron chi connectivity index (χ3n) is 7.88. The van der Waals surface area contributed by atoms with Crippen LogP contribution in [0.2, 0.25) is 0 Å². The van der Waals surface area contributed by atoms with Gasteiger partial charge in [-0.2, -0.15) is 0 Å². The second-order valence-corrected chi connectivity index (χ2v) is 12.4. The van der Waals surface area contributed by atoms with Gasteiger partial charge in [0.15, 0.2) is 5.78 Å². The van der Waals surface area contributed by atoms with E-state index >= 15 is 0 Å². The summed E-state index contributed by atoms with van der Waals surface area (Å²) in [6.07, 6.45) is 3.49. The number of carbonyl (C=O) groups excluding carboxylic acids is 4. The maximum absolute atomic E-state index is 14.2. The molecular formula is C34H44N4O5. The minimum absolute atomic E-state index is 0.0285. The van der Waals surface area contributed by atoms with Crippen molar-refractivity contribution in [2.24, 2.45) is 10.9 Å². The summed E-state index contributed by atoms with van der Waals surface area (Å²) in [5, 5.41) is 5.48. The van der Waals surface area contributed by atoms with Crippen molar-refractivity contribution in [2.45, 2.75) is 97.4 Å². The van der Waals surface area contributed by atoms with Gasteiger partial charge in [0.2, 0.25) is 12.1 Å². The number of rotatable bonds is 9. The first-order chi connectivity index (χ1) is 20.5. The number of fused-ring (bicyclic) bond motifs is 1. The molecule has 43 heavy (non-hydrogen) atoms. The lowest BCUT2D eigenvalue weighted by molar-refractivity contribution is -0.129. The monoisotopic (exact) mass is 588 g/mol. The van der Waals surface area contributed by atoms with E-state index in [0.29, 0.717) is 17.8 Å². The van der Waals surface area contributed by atoms with Gasteiger partial charge < -0.3 is 20.3 Å². The van der Waals surface area contributed by atoms with Gasteiger partial charge in [-0.15, -0.1) is 0 Å². The molecule has 3 amide bonds. The van der Waals surface area contributed by atoms with Crippen molar-refractivity contribution < 1.29 is 23.9 Å². The van der Waals surface area contributed by atoms with Crippen LogP contribution in [0.25, 0.3) is 0 Å². The SMILES string of the molecule is CCC1=N[C@H](NC(=O)[C@H](Cc2ccccc2)NC(=O)OC(C)(C)C)C(=O)N(CC(=O)C2CCCCC2)c2c(C)cccc21. The molecule has 2 aliphatic rings. The number of anilines is 1. The molecule has 0 spiro atoms. The number of hydrogen-bond donors (Lipinski definition) is 2. The van der Waals surface area contributed by atoms with Crippen LogP contribution in [0.3, 0.4) is 0 Å². The van der Waals surface area contributed by atoms with Crippen LogP contribution in [-0.2, 0) is 25.5 Å². The minimum Gasteiger partial charge on any atom is -0.444 e. The number of alkyl carbamates (subject to hydrolysis) is 1. The van der Waals surface area contributed by atoms with Gasteiger partial charge in [0.1, 0.15) is 11.6 Å². The van der Waals surface area contributed by atoms with Crippen molar-refractivity contribution >= 4 is 35.1 Å². The Morgan fingerprint density at radius 3 is 2.37 bits per heavy atom. The summed E-state index contributed by atoms with van der Waals surface area (Å²) in [6.45, 7) is 9.01. The summed E-state index contributed by atoms with van der Waals surface area (Å²) in [6, 6.07) is 14.0. The van der Waals surface area contributed by atoms with Gasteiger partial charge in [0.25, 0.3) is 5.91 Å². The highest BCUT2D eigenvalue weighted by atomic mass is 16.6. The van der Waals surface area contributed by atoms with Crippen LogP contribution in [0.15, 0.2) is 53.5 Å².